The number of pyridine rings is 1. The Kier molecular flexibility index (Phi) is 5.19. The monoisotopic (exact) mass is 439 g/mol. The van der Waals surface area contributed by atoms with Crippen LogP contribution in [0.15, 0.2) is 30.5 Å². The number of fused-ring (bicyclic) bond motifs is 1. The number of rotatable bonds is 3. The summed E-state index contributed by atoms with van der Waals surface area (Å²) in [4.78, 5) is 27.2. The van der Waals surface area contributed by atoms with Crippen LogP contribution in [0, 0.1) is 0 Å². The van der Waals surface area contributed by atoms with Gasteiger partial charge in [0.05, 0.1) is 34.3 Å². The number of methoxy groups -OCH3 is 1. The van der Waals surface area contributed by atoms with Crippen molar-refractivity contribution in [1.29, 1.82) is 0 Å². The quantitative estimate of drug-likeness (QED) is 0.627. The van der Waals surface area contributed by atoms with E-state index in [1.807, 2.05) is 9.80 Å². The smallest absolute Gasteiger partial charge is 0.416 e. The molecule has 1 aromatic carbocycles. The van der Waals surface area contributed by atoms with Gasteiger partial charge in [-0.2, -0.15) is 13.2 Å². The van der Waals surface area contributed by atoms with Gasteiger partial charge in [0, 0.05) is 32.4 Å². The van der Waals surface area contributed by atoms with Gasteiger partial charge in [-0.25, -0.2) is 14.8 Å². The SMILES string of the molecule is COC(=O)c1cnc(N2CCN(c3nc4ccc(C(F)(F)F)cc4[nH]3)CC2)c(Cl)c1. The Morgan fingerprint density at radius 1 is 1.17 bits per heavy atom. The van der Waals surface area contributed by atoms with E-state index in [-0.39, 0.29) is 5.56 Å². The molecule has 4 rings (SSSR count). The van der Waals surface area contributed by atoms with Crippen molar-refractivity contribution in [3.63, 3.8) is 0 Å². The van der Waals surface area contributed by atoms with E-state index in [0.29, 0.717) is 54.0 Å². The Morgan fingerprint density at radius 2 is 1.87 bits per heavy atom. The van der Waals surface area contributed by atoms with Crippen LogP contribution < -0.4 is 9.80 Å². The topological polar surface area (TPSA) is 74.3 Å². The number of aromatic nitrogens is 3. The average molecular weight is 440 g/mol. The summed E-state index contributed by atoms with van der Waals surface area (Å²) in [5.74, 6) is 0.562. The molecule has 3 aromatic rings. The number of carbonyl (C=O) groups excluding carboxylic acids is 1. The maximum absolute atomic E-state index is 12.9. The van der Waals surface area contributed by atoms with Crippen LogP contribution in [-0.2, 0) is 10.9 Å². The number of H-pyrrole nitrogens is 1. The molecule has 1 aliphatic heterocycles. The van der Waals surface area contributed by atoms with Gasteiger partial charge >= 0.3 is 12.1 Å². The van der Waals surface area contributed by atoms with Crippen molar-refractivity contribution in [2.75, 3.05) is 43.1 Å². The number of alkyl halides is 3. The van der Waals surface area contributed by atoms with Gasteiger partial charge in [-0.15, -0.1) is 0 Å². The molecule has 1 fully saturated rings. The first-order valence-corrected chi connectivity index (χ1v) is 9.45. The number of ether oxygens (including phenoxy) is 1. The van der Waals surface area contributed by atoms with Crippen LogP contribution in [0.2, 0.25) is 5.02 Å². The van der Waals surface area contributed by atoms with E-state index in [0.717, 1.165) is 12.1 Å². The van der Waals surface area contributed by atoms with Gasteiger partial charge < -0.3 is 19.5 Å². The molecule has 0 aliphatic carbocycles. The van der Waals surface area contributed by atoms with E-state index in [4.69, 9.17) is 11.6 Å². The van der Waals surface area contributed by atoms with Crippen LogP contribution in [-0.4, -0.2) is 54.2 Å². The number of hydrogen-bond acceptors (Lipinski definition) is 6. The highest BCUT2D eigenvalue weighted by atomic mass is 35.5. The molecule has 158 valence electrons. The van der Waals surface area contributed by atoms with Crippen LogP contribution in [0.4, 0.5) is 24.9 Å². The van der Waals surface area contributed by atoms with Crippen molar-refractivity contribution in [3.05, 3.63) is 46.6 Å². The standard InChI is InChI=1S/C19H17ClF3N5O2/c1-30-17(29)11-8-13(20)16(24-10-11)27-4-6-28(7-5-27)18-25-14-3-2-12(19(21,22)23)9-15(14)26-18/h2-3,8-10H,4-7H2,1H3,(H,25,26). The van der Waals surface area contributed by atoms with Gasteiger partial charge in [0.25, 0.3) is 0 Å². The van der Waals surface area contributed by atoms with Crippen molar-refractivity contribution in [2.24, 2.45) is 0 Å². The lowest BCUT2D eigenvalue weighted by molar-refractivity contribution is -0.137. The van der Waals surface area contributed by atoms with Gasteiger partial charge in [-0.05, 0) is 24.3 Å². The molecular weight excluding hydrogens is 423 g/mol. The van der Waals surface area contributed by atoms with Crippen molar-refractivity contribution >= 4 is 40.4 Å². The first kappa shape index (κ1) is 20.3. The van der Waals surface area contributed by atoms with Gasteiger partial charge in [0.1, 0.15) is 5.82 Å². The molecule has 0 saturated carbocycles. The van der Waals surface area contributed by atoms with Crippen molar-refractivity contribution < 1.29 is 22.7 Å². The highest BCUT2D eigenvalue weighted by Crippen LogP contribution is 2.32. The molecule has 11 heteroatoms. The zero-order valence-corrected chi connectivity index (χ0v) is 16.6. The normalized spacial score (nSPS) is 15.0. The molecule has 1 N–H and O–H groups in total. The summed E-state index contributed by atoms with van der Waals surface area (Å²) in [5.41, 5.74) is 0.366. The second kappa shape index (κ2) is 7.67. The molecule has 0 spiro atoms. The van der Waals surface area contributed by atoms with E-state index in [9.17, 15) is 18.0 Å². The maximum Gasteiger partial charge on any atom is 0.416 e. The van der Waals surface area contributed by atoms with Gasteiger partial charge in [-0.1, -0.05) is 11.6 Å². The lowest BCUT2D eigenvalue weighted by Gasteiger charge is -2.35. The number of nitrogens with one attached hydrogen (secondary N) is 1. The largest absolute Gasteiger partial charge is 0.465 e. The third-order valence-corrected chi connectivity index (χ3v) is 5.20. The lowest BCUT2D eigenvalue weighted by atomic mass is 10.2. The first-order valence-electron chi connectivity index (χ1n) is 9.07. The number of piperazine rings is 1. The van der Waals surface area contributed by atoms with E-state index >= 15 is 0 Å². The van der Waals surface area contributed by atoms with Crippen molar-refractivity contribution in [1.82, 2.24) is 15.0 Å². The Balaban J connectivity index is 1.47. The van der Waals surface area contributed by atoms with E-state index in [1.54, 1.807) is 0 Å². The molecular formula is C19H17ClF3N5O2. The second-order valence-electron chi connectivity index (χ2n) is 6.79. The summed E-state index contributed by atoms with van der Waals surface area (Å²) in [5, 5.41) is 0.342. The molecule has 0 amide bonds. The molecule has 2 aromatic heterocycles. The number of aromatic amines is 1. The molecule has 7 nitrogen and oxygen atoms in total. The second-order valence-corrected chi connectivity index (χ2v) is 7.19. The molecule has 0 atom stereocenters. The summed E-state index contributed by atoms with van der Waals surface area (Å²) in [7, 11) is 1.28. The number of esters is 1. The fourth-order valence-electron chi connectivity index (χ4n) is 3.35. The lowest BCUT2D eigenvalue weighted by Crippen LogP contribution is -2.47. The van der Waals surface area contributed by atoms with E-state index < -0.39 is 17.7 Å². The summed E-state index contributed by atoms with van der Waals surface area (Å²) in [6.07, 6.45) is -2.99. The van der Waals surface area contributed by atoms with Crippen LogP contribution in [0.25, 0.3) is 11.0 Å². The summed E-state index contributed by atoms with van der Waals surface area (Å²) in [6, 6.07) is 4.96. The van der Waals surface area contributed by atoms with Crippen molar-refractivity contribution in [3.8, 4) is 0 Å². The summed E-state index contributed by atoms with van der Waals surface area (Å²) >= 11 is 6.29. The third kappa shape index (κ3) is 3.87. The number of carbonyl (C=O) groups is 1. The minimum absolute atomic E-state index is 0.269. The predicted molar refractivity (Wildman–Crippen MR) is 106 cm³/mol. The Hall–Kier alpha value is -3.01. The Bertz CT molecular complexity index is 1090. The van der Waals surface area contributed by atoms with Crippen molar-refractivity contribution in [2.45, 2.75) is 6.18 Å². The fourth-order valence-corrected chi connectivity index (χ4v) is 3.63. The minimum Gasteiger partial charge on any atom is -0.465 e. The zero-order valence-electron chi connectivity index (χ0n) is 15.8. The van der Waals surface area contributed by atoms with E-state index in [2.05, 4.69) is 19.7 Å². The Morgan fingerprint density at radius 3 is 2.50 bits per heavy atom. The molecule has 30 heavy (non-hydrogen) atoms. The summed E-state index contributed by atoms with van der Waals surface area (Å²) in [6.45, 7) is 2.30. The van der Waals surface area contributed by atoms with Crippen LogP contribution >= 0.6 is 11.6 Å². The third-order valence-electron chi connectivity index (χ3n) is 4.92. The molecule has 1 saturated heterocycles. The molecule has 3 heterocycles. The van der Waals surface area contributed by atoms with E-state index in [1.165, 1.54) is 25.4 Å². The number of halogens is 4. The number of anilines is 2. The van der Waals surface area contributed by atoms with Gasteiger partial charge in [0.2, 0.25) is 5.95 Å². The molecule has 1 aliphatic rings. The zero-order chi connectivity index (χ0) is 21.5. The number of nitrogens with zero attached hydrogens (tertiary/aromatic N) is 4. The minimum atomic E-state index is -4.40. The van der Waals surface area contributed by atoms with Crippen LogP contribution in [0.3, 0.4) is 0 Å². The highest BCUT2D eigenvalue weighted by molar-refractivity contribution is 6.33. The number of benzene rings is 1. The maximum atomic E-state index is 12.9. The summed E-state index contributed by atoms with van der Waals surface area (Å²) < 4.78 is 43.4. The Labute approximate surface area is 174 Å². The fraction of sp³-hybridized carbons (Fsp3) is 0.316. The highest BCUT2D eigenvalue weighted by Gasteiger charge is 2.31. The van der Waals surface area contributed by atoms with Crippen LogP contribution in [0.1, 0.15) is 15.9 Å². The predicted octanol–water partition coefficient (Wildman–Crippen LogP) is 3.74. The van der Waals surface area contributed by atoms with Gasteiger partial charge in [-0.3, -0.25) is 0 Å². The van der Waals surface area contributed by atoms with Gasteiger partial charge in [0.15, 0.2) is 0 Å². The number of imidazole rings is 1. The molecule has 0 radical (unpaired) electrons. The molecule has 0 unspecified atom stereocenters. The average Bonchev–Trinajstić information content (AvgIpc) is 3.16. The number of hydrogen-bond donors (Lipinski definition) is 1. The first-order chi connectivity index (χ1) is 14.3. The molecule has 0 bridgehead atoms. The van der Waals surface area contributed by atoms with Crippen LogP contribution in [0.5, 0.6) is 0 Å².